The van der Waals surface area contributed by atoms with Crippen molar-refractivity contribution < 1.29 is 0 Å². The van der Waals surface area contributed by atoms with Crippen LogP contribution in [0.2, 0.25) is 0 Å². The molecule has 0 bridgehead atoms. The average molecular weight is 156 g/mol. The fourth-order valence-electron chi connectivity index (χ4n) is 0.220. The van der Waals surface area contributed by atoms with Crippen LogP contribution in [0.1, 0.15) is 0 Å². The number of thiocarbonyl (C=S) groups is 2. The molecule has 0 aromatic carbocycles. The molecular formula is C5H4N2S2. The molecule has 0 radical (unpaired) electrons. The zero-order chi connectivity index (χ0) is 6.95. The van der Waals surface area contributed by atoms with Crippen molar-refractivity contribution in [3.63, 3.8) is 0 Å². The van der Waals surface area contributed by atoms with Gasteiger partial charge in [0.05, 0.1) is 16.9 Å². The number of isothiocyanates is 2. The van der Waals surface area contributed by atoms with Crippen LogP contribution in [0.5, 0.6) is 0 Å². The standard InChI is InChI=1S/C5H4N2S2/c8-4-6-2-1-3-7-5-9/h1-2H,3H2. The highest BCUT2D eigenvalue weighted by Gasteiger charge is 1.64. The van der Waals surface area contributed by atoms with Gasteiger partial charge in [0.25, 0.3) is 0 Å². The first kappa shape index (κ1) is 8.34. The first-order chi connectivity index (χ1) is 4.41. The van der Waals surface area contributed by atoms with E-state index in [-0.39, 0.29) is 0 Å². The van der Waals surface area contributed by atoms with E-state index in [0.717, 1.165) is 0 Å². The Balaban J connectivity index is 3.47. The Hall–Kier alpha value is -0.660. The molecule has 4 heteroatoms. The smallest absolute Gasteiger partial charge is 0.0691 e. The van der Waals surface area contributed by atoms with Gasteiger partial charge in [-0.05, 0) is 30.5 Å². The second kappa shape index (κ2) is 7.34. The van der Waals surface area contributed by atoms with Crippen LogP contribution in [0.3, 0.4) is 0 Å². The van der Waals surface area contributed by atoms with Crippen LogP contribution in [0.4, 0.5) is 0 Å². The molecule has 0 amide bonds. The number of hydrogen-bond donors (Lipinski definition) is 0. The Morgan fingerprint density at radius 3 is 2.67 bits per heavy atom. The van der Waals surface area contributed by atoms with Crippen LogP contribution < -0.4 is 0 Å². The van der Waals surface area contributed by atoms with Crippen molar-refractivity contribution in [2.24, 2.45) is 9.98 Å². The van der Waals surface area contributed by atoms with Gasteiger partial charge in [-0.1, -0.05) is 0 Å². The lowest BCUT2D eigenvalue weighted by atomic mass is 10.6. The molecule has 0 fully saturated rings. The maximum absolute atomic E-state index is 4.31. The van der Waals surface area contributed by atoms with Crippen LogP contribution in [0, 0.1) is 0 Å². The van der Waals surface area contributed by atoms with Crippen molar-refractivity contribution in [1.82, 2.24) is 0 Å². The molecule has 0 atom stereocenters. The van der Waals surface area contributed by atoms with Gasteiger partial charge in [-0.3, -0.25) is 0 Å². The molecule has 46 valence electrons. The molecule has 0 N–H and O–H groups in total. The SMILES string of the molecule is S=C=NC=CCN=C=S. The van der Waals surface area contributed by atoms with Gasteiger partial charge >= 0.3 is 0 Å². The third-order valence-electron chi connectivity index (χ3n) is 0.494. The maximum Gasteiger partial charge on any atom is 0.0691 e. The van der Waals surface area contributed by atoms with Crippen LogP contribution in [-0.4, -0.2) is 16.9 Å². The van der Waals surface area contributed by atoms with Gasteiger partial charge < -0.3 is 0 Å². The average Bonchev–Trinajstić information content (AvgIpc) is 1.89. The molecule has 0 heterocycles. The number of rotatable bonds is 3. The van der Waals surface area contributed by atoms with E-state index in [4.69, 9.17) is 0 Å². The lowest BCUT2D eigenvalue weighted by Crippen LogP contribution is -1.65. The third kappa shape index (κ3) is 7.34. The van der Waals surface area contributed by atoms with Gasteiger partial charge in [0, 0.05) is 6.20 Å². The van der Waals surface area contributed by atoms with E-state index in [0.29, 0.717) is 6.54 Å². The first-order valence-electron chi connectivity index (χ1n) is 2.17. The monoisotopic (exact) mass is 156 g/mol. The molecule has 0 aliphatic heterocycles. The molecular weight excluding hydrogens is 152 g/mol. The summed E-state index contributed by atoms with van der Waals surface area (Å²) in [6.45, 7) is 0.504. The minimum absolute atomic E-state index is 0.504. The van der Waals surface area contributed by atoms with Crippen molar-refractivity contribution in [3.8, 4) is 0 Å². The number of aliphatic imine (C=N–C) groups is 2. The molecule has 0 spiro atoms. The van der Waals surface area contributed by atoms with E-state index in [1.165, 1.54) is 6.20 Å². The number of hydrogen-bond acceptors (Lipinski definition) is 4. The zero-order valence-electron chi connectivity index (χ0n) is 4.57. The molecule has 9 heavy (non-hydrogen) atoms. The molecule has 0 unspecified atom stereocenters. The Kier molecular flexibility index (Phi) is 6.80. The third-order valence-corrected chi connectivity index (χ3v) is 0.728. The van der Waals surface area contributed by atoms with Crippen LogP contribution >= 0.6 is 24.4 Å². The Bertz CT molecular complexity index is 185. The number of nitrogens with zero attached hydrogens (tertiary/aromatic N) is 2. The summed E-state index contributed by atoms with van der Waals surface area (Å²) in [7, 11) is 0. The molecule has 0 saturated carbocycles. The Morgan fingerprint density at radius 2 is 2.11 bits per heavy atom. The maximum atomic E-state index is 4.31. The molecule has 0 aliphatic rings. The highest BCUT2D eigenvalue weighted by Crippen LogP contribution is 1.73. The zero-order valence-corrected chi connectivity index (χ0v) is 6.21. The predicted molar refractivity (Wildman–Crippen MR) is 44.1 cm³/mol. The minimum atomic E-state index is 0.504. The van der Waals surface area contributed by atoms with Gasteiger partial charge in [-0.15, -0.1) is 0 Å². The minimum Gasteiger partial charge on any atom is -0.228 e. The van der Waals surface area contributed by atoms with Crippen molar-refractivity contribution in [3.05, 3.63) is 12.3 Å². The summed E-state index contributed by atoms with van der Waals surface area (Å²) in [4.78, 5) is 7.11. The largest absolute Gasteiger partial charge is 0.228 e. The quantitative estimate of drug-likeness (QED) is 0.459. The highest BCUT2D eigenvalue weighted by atomic mass is 32.1. The predicted octanol–water partition coefficient (Wildman–Crippen LogP) is 1.71. The summed E-state index contributed by atoms with van der Waals surface area (Å²) in [5, 5.41) is 4.39. The summed E-state index contributed by atoms with van der Waals surface area (Å²) in [6.07, 6.45) is 3.22. The summed E-state index contributed by atoms with van der Waals surface area (Å²) in [5.41, 5.74) is 0. The second-order valence-corrected chi connectivity index (χ2v) is 1.40. The van der Waals surface area contributed by atoms with Crippen molar-refractivity contribution in [2.45, 2.75) is 0 Å². The van der Waals surface area contributed by atoms with E-state index < -0.39 is 0 Å². The van der Waals surface area contributed by atoms with Crippen LogP contribution in [0.25, 0.3) is 0 Å². The van der Waals surface area contributed by atoms with Gasteiger partial charge in [0.15, 0.2) is 0 Å². The summed E-state index contributed by atoms with van der Waals surface area (Å²) in [5.74, 6) is 0. The van der Waals surface area contributed by atoms with Crippen molar-refractivity contribution in [1.29, 1.82) is 0 Å². The Morgan fingerprint density at radius 1 is 1.33 bits per heavy atom. The molecule has 2 nitrogen and oxygen atoms in total. The normalized spacial score (nSPS) is 8.00. The summed E-state index contributed by atoms with van der Waals surface area (Å²) >= 11 is 8.61. The van der Waals surface area contributed by atoms with Gasteiger partial charge in [0.2, 0.25) is 0 Å². The lowest BCUT2D eigenvalue weighted by Gasteiger charge is -1.71. The fourth-order valence-corrected chi connectivity index (χ4v) is 0.356. The first-order valence-corrected chi connectivity index (χ1v) is 2.99. The van der Waals surface area contributed by atoms with E-state index in [1.54, 1.807) is 6.08 Å². The fraction of sp³-hybridized carbons (Fsp3) is 0.200. The van der Waals surface area contributed by atoms with E-state index in [9.17, 15) is 0 Å². The second-order valence-electron chi connectivity index (χ2n) is 1.04. The van der Waals surface area contributed by atoms with Crippen LogP contribution in [0.15, 0.2) is 22.3 Å². The summed E-state index contributed by atoms with van der Waals surface area (Å²) < 4.78 is 0. The van der Waals surface area contributed by atoms with Gasteiger partial charge in [-0.2, -0.15) is 0 Å². The van der Waals surface area contributed by atoms with Gasteiger partial charge in [0.1, 0.15) is 0 Å². The van der Waals surface area contributed by atoms with E-state index >= 15 is 0 Å². The van der Waals surface area contributed by atoms with Crippen molar-refractivity contribution >= 4 is 34.8 Å². The highest BCUT2D eigenvalue weighted by molar-refractivity contribution is 7.78. The topological polar surface area (TPSA) is 24.7 Å². The molecule has 0 aromatic rings. The van der Waals surface area contributed by atoms with Gasteiger partial charge in [-0.25, -0.2) is 9.98 Å². The molecule has 0 aromatic heterocycles. The molecule has 0 rings (SSSR count). The summed E-state index contributed by atoms with van der Waals surface area (Å²) in [6, 6.07) is 0. The molecule has 0 aliphatic carbocycles. The lowest BCUT2D eigenvalue weighted by molar-refractivity contribution is 1.26. The molecule has 0 saturated heterocycles. The van der Waals surface area contributed by atoms with E-state index in [1.807, 2.05) is 0 Å². The van der Waals surface area contributed by atoms with Crippen molar-refractivity contribution in [2.75, 3.05) is 6.54 Å². The Labute approximate surface area is 64.0 Å². The van der Waals surface area contributed by atoms with Crippen LogP contribution in [-0.2, 0) is 0 Å². The van der Waals surface area contributed by atoms with E-state index in [2.05, 4.69) is 44.7 Å².